The van der Waals surface area contributed by atoms with Crippen LogP contribution in [0.3, 0.4) is 0 Å². The molecule has 0 unspecified atom stereocenters. The second kappa shape index (κ2) is 13.0. The summed E-state index contributed by atoms with van der Waals surface area (Å²) in [7, 11) is 0. The number of ether oxygens (including phenoxy) is 1. The van der Waals surface area contributed by atoms with Crippen molar-refractivity contribution in [3.63, 3.8) is 0 Å². The predicted octanol–water partition coefficient (Wildman–Crippen LogP) is 4.32. The van der Waals surface area contributed by atoms with E-state index in [2.05, 4.69) is 5.32 Å². The molecule has 0 heterocycles. The number of carbonyl (C=O) groups is 2. The Balaban J connectivity index is 0.00000385. The van der Waals surface area contributed by atoms with Crippen molar-refractivity contribution < 1.29 is 24.5 Å². The molecule has 174 valence electrons. The molecule has 0 fully saturated rings. The summed E-state index contributed by atoms with van der Waals surface area (Å²) >= 11 is 5.95. The van der Waals surface area contributed by atoms with Crippen LogP contribution in [0.1, 0.15) is 33.2 Å². The van der Waals surface area contributed by atoms with Crippen LogP contribution in [0.4, 0.5) is 0 Å². The Kier molecular flexibility index (Phi) is 10.4. The van der Waals surface area contributed by atoms with Crippen molar-refractivity contribution in [1.82, 2.24) is 5.32 Å². The molecule has 0 amide bonds. The summed E-state index contributed by atoms with van der Waals surface area (Å²) in [5.74, 6) is -0.783. The van der Waals surface area contributed by atoms with Crippen LogP contribution in [-0.4, -0.2) is 41.7 Å². The van der Waals surface area contributed by atoms with Gasteiger partial charge in [0.15, 0.2) is 12.4 Å². The number of rotatable bonds is 11. The topological polar surface area (TPSA) is 95.9 Å². The number of aliphatic hydroxyl groups is 1. The Morgan fingerprint density at radius 3 is 2.21 bits per heavy atom. The fraction of sp³-hybridized carbons (Fsp3) is 0.200. The Morgan fingerprint density at radius 1 is 0.970 bits per heavy atom. The molecule has 6 nitrogen and oxygen atoms in total. The number of carboxylic acid groups (broad SMARTS) is 1. The number of aliphatic carboxylic acids is 1. The van der Waals surface area contributed by atoms with Crippen LogP contribution < -0.4 is 10.1 Å². The van der Waals surface area contributed by atoms with Gasteiger partial charge in [0.25, 0.3) is 0 Å². The molecule has 0 aliphatic carbocycles. The second-order valence-corrected chi connectivity index (χ2v) is 7.69. The number of benzene rings is 3. The normalized spacial score (nSPS) is 11.3. The summed E-state index contributed by atoms with van der Waals surface area (Å²) in [6, 6.07) is 20.9. The van der Waals surface area contributed by atoms with Crippen molar-refractivity contribution in [2.75, 3.05) is 19.7 Å². The minimum atomic E-state index is -1.06. The van der Waals surface area contributed by atoms with Gasteiger partial charge in [-0.15, -0.1) is 12.4 Å². The molecule has 0 bridgehead atoms. The van der Waals surface area contributed by atoms with Crippen molar-refractivity contribution in [1.29, 1.82) is 0 Å². The predicted molar refractivity (Wildman–Crippen MR) is 130 cm³/mol. The number of halogens is 2. The van der Waals surface area contributed by atoms with Gasteiger partial charge in [0, 0.05) is 22.7 Å². The highest BCUT2D eigenvalue weighted by Gasteiger charge is 2.10. The molecule has 0 radical (unpaired) electrons. The van der Waals surface area contributed by atoms with Gasteiger partial charge in [-0.2, -0.15) is 0 Å². The van der Waals surface area contributed by atoms with E-state index in [1.807, 2.05) is 24.3 Å². The molecule has 33 heavy (non-hydrogen) atoms. The molecule has 0 aliphatic heterocycles. The minimum Gasteiger partial charge on any atom is -0.482 e. The summed E-state index contributed by atoms with van der Waals surface area (Å²) in [5, 5.41) is 22.7. The summed E-state index contributed by atoms with van der Waals surface area (Å²) in [4.78, 5) is 23.2. The lowest BCUT2D eigenvalue weighted by Crippen LogP contribution is -2.23. The van der Waals surface area contributed by atoms with Crippen LogP contribution in [0.2, 0.25) is 5.02 Å². The maximum absolute atomic E-state index is 12.6. The molecule has 3 aromatic rings. The molecular weight excluding hydrogens is 465 g/mol. The molecule has 8 heteroatoms. The van der Waals surface area contributed by atoms with Crippen LogP contribution in [0.25, 0.3) is 0 Å². The quantitative estimate of drug-likeness (QED) is 0.274. The molecule has 1 atom stereocenters. The molecule has 0 spiro atoms. The van der Waals surface area contributed by atoms with Crippen molar-refractivity contribution >= 4 is 35.8 Å². The van der Waals surface area contributed by atoms with Crippen molar-refractivity contribution in [3.8, 4) is 5.75 Å². The van der Waals surface area contributed by atoms with E-state index >= 15 is 0 Å². The zero-order chi connectivity index (χ0) is 22.9. The fourth-order valence-corrected chi connectivity index (χ4v) is 3.34. The Labute approximate surface area is 203 Å². The van der Waals surface area contributed by atoms with Crippen LogP contribution >= 0.6 is 24.0 Å². The number of hydrogen-bond acceptors (Lipinski definition) is 5. The zero-order valence-electron chi connectivity index (χ0n) is 17.7. The Hall–Kier alpha value is -2.90. The lowest BCUT2D eigenvalue weighted by Gasteiger charge is -2.12. The summed E-state index contributed by atoms with van der Waals surface area (Å²) in [5.41, 5.74) is 2.91. The highest BCUT2D eigenvalue weighted by atomic mass is 35.5. The first-order valence-corrected chi connectivity index (χ1v) is 10.5. The molecule has 0 aromatic heterocycles. The molecule has 0 saturated carbocycles. The van der Waals surface area contributed by atoms with E-state index in [0.717, 1.165) is 17.5 Å². The van der Waals surface area contributed by atoms with Crippen LogP contribution in [-0.2, 0) is 11.2 Å². The Bertz CT molecular complexity index is 1060. The largest absolute Gasteiger partial charge is 0.482 e. The van der Waals surface area contributed by atoms with E-state index in [9.17, 15) is 14.7 Å². The lowest BCUT2D eigenvalue weighted by atomic mass is 10.0. The van der Waals surface area contributed by atoms with Gasteiger partial charge in [0.1, 0.15) is 5.75 Å². The van der Waals surface area contributed by atoms with Gasteiger partial charge in [-0.3, -0.25) is 4.79 Å². The summed E-state index contributed by atoms with van der Waals surface area (Å²) in [6.45, 7) is 0.676. The highest BCUT2D eigenvalue weighted by molar-refractivity contribution is 6.30. The molecule has 0 saturated heterocycles. The molecular formula is C25H25Cl2NO5. The van der Waals surface area contributed by atoms with Gasteiger partial charge in [-0.1, -0.05) is 48.0 Å². The van der Waals surface area contributed by atoms with E-state index in [1.54, 1.807) is 48.5 Å². The number of hydrogen-bond donors (Lipinski definition) is 3. The Morgan fingerprint density at radius 2 is 1.61 bits per heavy atom. The van der Waals surface area contributed by atoms with Gasteiger partial charge >= 0.3 is 5.97 Å². The smallest absolute Gasteiger partial charge is 0.341 e. The summed E-state index contributed by atoms with van der Waals surface area (Å²) < 4.78 is 5.08. The van der Waals surface area contributed by atoms with Crippen LogP contribution in [0.5, 0.6) is 5.75 Å². The van der Waals surface area contributed by atoms with Crippen molar-refractivity contribution in [2.45, 2.75) is 12.5 Å². The highest BCUT2D eigenvalue weighted by Crippen LogP contribution is 2.18. The third-order valence-corrected chi connectivity index (χ3v) is 5.09. The first kappa shape index (κ1) is 26.4. The molecule has 0 aliphatic rings. The minimum absolute atomic E-state index is 0. The SMILES string of the molecule is Cl.O=C(O)COc1ccc(C(=O)c2ccc(CCNC[C@H](O)c3cccc(Cl)c3)cc2)cc1. The van der Waals surface area contributed by atoms with Gasteiger partial charge in [0.05, 0.1) is 6.10 Å². The molecule has 3 rings (SSSR count). The number of ketones is 1. The van der Waals surface area contributed by atoms with Gasteiger partial charge in [0.2, 0.25) is 0 Å². The van der Waals surface area contributed by atoms with Gasteiger partial charge < -0.3 is 20.3 Å². The monoisotopic (exact) mass is 489 g/mol. The van der Waals surface area contributed by atoms with E-state index in [-0.39, 0.29) is 18.2 Å². The zero-order valence-corrected chi connectivity index (χ0v) is 19.3. The first-order valence-electron chi connectivity index (χ1n) is 10.1. The molecule has 3 N–H and O–H groups in total. The van der Waals surface area contributed by atoms with Crippen LogP contribution in [0, 0.1) is 0 Å². The third-order valence-electron chi connectivity index (χ3n) is 4.86. The van der Waals surface area contributed by atoms with E-state index in [0.29, 0.717) is 35.0 Å². The number of nitrogens with one attached hydrogen (secondary N) is 1. The second-order valence-electron chi connectivity index (χ2n) is 7.26. The average molecular weight is 490 g/mol. The van der Waals surface area contributed by atoms with Gasteiger partial charge in [-0.05, 0) is 60.5 Å². The van der Waals surface area contributed by atoms with Crippen LogP contribution in [0.15, 0.2) is 72.8 Å². The van der Waals surface area contributed by atoms with Crippen molar-refractivity contribution in [3.05, 3.63) is 100 Å². The van der Waals surface area contributed by atoms with Gasteiger partial charge in [-0.25, -0.2) is 4.79 Å². The number of carbonyl (C=O) groups excluding carboxylic acids is 1. The maximum Gasteiger partial charge on any atom is 0.341 e. The standard InChI is InChI=1S/C25H24ClNO5.ClH/c26-21-3-1-2-20(14-21)23(28)15-27-13-12-17-4-6-18(7-5-17)25(31)19-8-10-22(11-9-19)32-16-24(29)30;/h1-11,14,23,27-28H,12-13,15-16H2,(H,29,30);1H/t23-;/m0./s1. The van der Waals surface area contributed by atoms with E-state index < -0.39 is 18.7 Å². The third kappa shape index (κ3) is 8.18. The first-order chi connectivity index (χ1) is 15.4. The molecule has 3 aromatic carbocycles. The van der Waals surface area contributed by atoms with E-state index in [1.165, 1.54) is 0 Å². The van der Waals surface area contributed by atoms with E-state index in [4.69, 9.17) is 21.4 Å². The number of aliphatic hydroxyl groups excluding tert-OH is 1. The van der Waals surface area contributed by atoms with Crippen molar-refractivity contribution in [2.24, 2.45) is 0 Å². The lowest BCUT2D eigenvalue weighted by molar-refractivity contribution is -0.139. The summed E-state index contributed by atoms with van der Waals surface area (Å²) in [6.07, 6.45) is 0.126. The maximum atomic E-state index is 12.6. The average Bonchev–Trinajstić information content (AvgIpc) is 2.80. The fourth-order valence-electron chi connectivity index (χ4n) is 3.14. The number of carboxylic acids is 1.